The lowest BCUT2D eigenvalue weighted by atomic mass is 10.1. The fraction of sp³-hybridized carbons (Fsp3) is 0.308. The van der Waals surface area contributed by atoms with Crippen molar-refractivity contribution in [2.75, 3.05) is 18.5 Å². The molecule has 0 unspecified atom stereocenters. The van der Waals surface area contributed by atoms with Gasteiger partial charge in [0, 0.05) is 11.9 Å². The van der Waals surface area contributed by atoms with E-state index in [-0.39, 0.29) is 6.61 Å². The highest BCUT2D eigenvalue weighted by atomic mass is 16.3. The largest absolute Gasteiger partial charge is 0.394 e. The van der Waals surface area contributed by atoms with Gasteiger partial charge in [0.2, 0.25) is 0 Å². The first kappa shape index (κ1) is 11.8. The predicted molar refractivity (Wildman–Crippen MR) is 68.1 cm³/mol. The van der Waals surface area contributed by atoms with E-state index in [4.69, 9.17) is 5.11 Å². The average molecular weight is 232 g/mol. The molecule has 0 aliphatic carbocycles. The molecule has 0 saturated heterocycles. The summed E-state index contributed by atoms with van der Waals surface area (Å²) in [5, 5.41) is 22.1. The van der Waals surface area contributed by atoms with Gasteiger partial charge in [-0.3, -0.25) is 0 Å². The van der Waals surface area contributed by atoms with Gasteiger partial charge in [-0.05, 0) is 24.6 Å². The van der Waals surface area contributed by atoms with E-state index in [1.165, 1.54) is 0 Å². The lowest BCUT2D eigenvalue weighted by Gasteiger charge is -2.11. The summed E-state index contributed by atoms with van der Waals surface area (Å²) in [4.78, 5) is 4.44. The summed E-state index contributed by atoms with van der Waals surface area (Å²) in [5.41, 5.74) is 2.06. The van der Waals surface area contributed by atoms with Crippen LogP contribution in [0.1, 0.15) is 5.56 Å². The zero-order valence-electron chi connectivity index (χ0n) is 9.72. The minimum Gasteiger partial charge on any atom is -0.394 e. The highest BCUT2D eigenvalue weighted by Gasteiger charge is 2.04. The Morgan fingerprint density at radius 2 is 2.12 bits per heavy atom. The lowest BCUT2D eigenvalue weighted by molar-refractivity contribution is 0.105. The summed E-state index contributed by atoms with van der Waals surface area (Å²) in [6.45, 7) is 2.07. The fourth-order valence-electron chi connectivity index (χ4n) is 1.73. The number of rotatable bonds is 4. The molecule has 1 atom stereocenters. The molecule has 1 heterocycles. The number of aliphatic hydroxyl groups excluding tert-OH is 2. The van der Waals surface area contributed by atoms with E-state index in [2.05, 4.69) is 10.3 Å². The van der Waals surface area contributed by atoms with E-state index in [9.17, 15) is 5.11 Å². The monoisotopic (exact) mass is 232 g/mol. The maximum absolute atomic E-state index is 9.26. The van der Waals surface area contributed by atoms with Gasteiger partial charge in [-0.25, -0.2) is 4.98 Å². The number of nitrogens with one attached hydrogen (secondary N) is 1. The van der Waals surface area contributed by atoms with E-state index < -0.39 is 6.10 Å². The van der Waals surface area contributed by atoms with Crippen molar-refractivity contribution < 1.29 is 10.2 Å². The molecule has 2 rings (SSSR count). The number of aromatic nitrogens is 1. The van der Waals surface area contributed by atoms with Crippen molar-refractivity contribution in [2.24, 2.45) is 0 Å². The molecule has 0 amide bonds. The molecule has 4 heteroatoms. The fourth-order valence-corrected chi connectivity index (χ4v) is 1.73. The molecule has 4 nitrogen and oxygen atoms in total. The van der Waals surface area contributed by atoms with Gasteiger partial charge in [-0.15, -0.1) is 0 Å². The second-order valence-corrected chi connectivity index (χ2v) is 4.06. The molecule has 90 valence electrons. The molecule has 0 bridgehead atoms. The first-order valence-corrected chi connectivity index (χ1v) is 5.60. The van der Waals surface area contributed by atoms with Crippen LogP contribution in [0, 0.1) is 6.92 Å². The lowest BCUT2D eigenvalue weighted by Crippen LogP contribution is -2.23. The van der Waals surface area contributed by atoms with Crippen molar-refractivity contribution in [3.8, 4) is 0 Å². The number of aryl methyl sites for hydroxylation is 1. The van der Waals surface area contributed by atoms with Crippen LogP contribution >= 0.6 is 0 Å². The van der Waals surface area contributed by atoms with Gasteiger partial charge in [0.25, 0.3) is 0 Å². The number of pyridine rings is 1. The van der Waals surface area contributed by atoms with Gasteiger partial charge in [-0.2, -0.15) is 0 Å². The third-order valence-corrected chi connectivity index (χ3v) is 2.65. The van der Waals surface area contributed by atoms with Crippen LogP contribution in [0.4, 0.5) is 5.82 Å². The summed E-state index contributed by atoms with van der Waals surface area (Å²) in [6, 6.07) is 9.85. The third kappa shape index (κ3) is 2.72. The molecule has 0 aliphatic rings. The van der Waals surface area contributed by atoms with Crippen LogP contribution in [0.3, 0.4) is 0 Å². The van der Waals surface area contributed by atoms with Crippen LogP contribution in [-0.4, -0.2) is 34.5 Å². The number of hydrogen-bond donors (Lipinski definition) is 3. The zero-order chi connectivity index (χ0) is 12.3. The SMILES string of the molecule is Cc1cc(NC[C@H](O)CO)nc2ccccc12. The van der Waals surface area contributed by atoms with Crippen molar-refractivity contribution >= 4 is 16.7 Å². The van der Waals surface area contributed by atoms with Crippen LogP contribution < -0.4 is 5.32 Å². The Morgan fingerprint density at radius 3 is 2.88 bits per heavy atom. The summed E-state index contributed by atoms with van der Waals surface area (Å²) < 4.78 is 0. The van der Waals surface area contributed by atoms with Crippen molar-refractivity contribution in [3.05, 3.63) is 35.9 Å². The normalized spacial score (nSPS) is 12.6. The maximum atomic E-state index is 9.26. The number of hydrogen-bond acceptors (Lipinski definition) is 4. The molecule has 0 spiro atoms. The number of fused-ring (bicyclic) bond motifs is 1. The minimum absolute atomic E-state index is 0.250. The standard InChI is InChI=1S/C13H16N2O2/c1-9-6-13(14-7-10(17)8-16)15-12-5-3-2-4-11(9)12/h2-6,10,16-17H,7-8H2,1H3,(H,14,15)/t10-/m0/s1. The van der Waals surface area contributed by atoms with Crippen LogP contribution in [0.2, 0.25) is 0 Å². The number of nitrogens with zero attached hydrogens (tertiary/aromatic N) is 1. The van der Waals surface area contributed by atoms with Crippen LogP contribution in [0.25, 0.3) is 10.9 Å². The highest BCUT2D eigenvalue weighted by Crippen LogP contribution is 2.19. The van der Waals surface area contributed by atoms with Crippen LogP contribution in [0.15, 0.2) is 30.3 Å². The number of aliphatic hydroxyl groups is 2. The zero-order valence-corrected chi connectivity index (χ0v) is 9.72. The van der Waals surface area contributed by atoms with Crippen molar-refractivity contribution in [1.82, 2.24) is 4.98 Å². The minimum atomic E-state index is -0.761. The molecule has 2 aromatic rings. The van der Waals surface area contributed by atoms with Gasteiger partial charge < -0.3 is 15.5 Å². The molecule has 1 aromatic heterocycles. The van der Waals surface area contributed by atoms with Gasteiger partial charge in [0.05, 0.1) is 18.2 Å². The molecule has 3 N–H and O–H groups in total. The van der Waals surface area contributed by atoms with E-state index in [1.807, 2.05) is 37.3 Å². The Balaban J connectivity index is 2.24. The number of para-hydroxylation sites is 1. The summed E-state index contributed by atoms with van der Waals surface area (Å²) in [5.74, 6) is 0.716. The highest BCUT2D eigenvalue weighted by molar-refractivity contribution is 5.83. The Bertz CT molecular complexity index is 514. The molecular formula is C13H16N2O2. The third-order valence-electron chi connectivity index (χ3n) is 2.65. The Morgan fingerprint density at radius 1 is 1.35 bits per heavy atom. The average Bonchev–Trinajstić information content (AvgIpc) is 2.36. The van der Waals surface area contributed by atoms with Gasteiger partial charge in [-0.1, -0.05) is 18.2 Å². The molecule has 0 radical (unpaired) electrons. The first-order chi connectivity index (χ1) is 8.20. The molecule has 0 fully saturated rings. The topological polar surface area (TPSA) is 65.4 Å². The van der Waals surface area contributed by atoms with Crippen molar-refractivity contribution in [1.29, 1.82) is 0 Å². The maximum Gasteiger partial charge on any atom is 0.127 e. The van der Waals surface area contributed by atoms with E-state index in [1.54, 1.807) is 0 Å². The summed E-state index contributed by atoms with van der Waals surface area (Å²) in [7, 11) is 0. The molecule has 17 heavy (non-hydrogen) atoms. The smallest absolute Gasteiger partial charge is 0.127 e. The molecule has 1 aromatic carbocycles. The van der Waals surface area contributed by atoms with Gasteiger partial charge in [0.15, 0.2) is 0 Å². The van der Waals surface area contributed by atoms with Crippen molar-refractivity contribution in [3.63, 3.8) is 0 Å². The second kappa shape index (κ2) is 5.12. The Hall–Kier alpha value is -1.65. The predicted octanol–water partition coefficient (Wildman–Crippen LogP) is 1.31. The Labute approximate surface area is 99.9 Å². The van der Waals surface area contributed by atoms with E-state index in [0.717, 1.165) is 16.5 Å². The summed E-state index contributed by atoms with van der Waals surface area (Å²) >= 11 is 0. The first-order valence-electron chi connectivity index (χ1n) is 5.60. The molecule has 0 aliphatic heterocycles. The van der Waals surface area contributed by atoms with Gasteiger partial charge >= 0.3 is 0 Å². The van der Waals surface area contributed by atoms with Gasteiger partial charge in [0.1, 0.15) is 5.82 Å². The van der Waals surface area contributed by atoms with E-state index in [0.29, 0.717) is 12.4 Å². The summed E-state index contributed by atoms with van der Waals surface area (Å²) in [6.07, 6.45) is -0.761. The molecular weight excluding hydrogens is 216 g/mol. The molecule has 0 saturated carbocycles. The number of anilines is 1. The van der Waals surface area contributed by atoms with Crippen molar-refractivity contribution in [2.45, 2.75) is 13.0 Å². The Kier molecular flexibility index (Phi) is 3.56. The quantitative estimate of drug-likeness (QED) is 0.743. The van der Waals surface area contributed by atoms with Crippen LogP contribution in [-0.2, 0) is 0 Å². The van der Waals surface area contributed by atoms with E-state index >= 15 is 0 Å². The van der Waals surface area contributed by atoms with Crippen LogP contribution in [0.5, 0.6) is 0 Å². The second-order valence-electron chi connectivity index (χ2n) is 4.06. The number of benzene rings is 1.